The van der Waals surface area contributed by atoms with E-state index in [1.165, 1.54) is 12.3 Å². The van der Waals surface area contributed by atoms with Gasteiger partial charge in [0.25, 0.3) is 6.26 Å². The lowest BCUT2D eigenvalue weighted by Crippen LogP contribution is -1.98. The van der Waals surface area contributed by atoms with Gasteiger partial charge in [0.15, 0.2) is 0 Å². The molecule has 0 bridgehead atoms. The van der Waals surface area contributed by atoms with E-state index in [0.717, 1.165) is 5.39 Å². The molecule has 0 aliphatic carbocycles. The molecule has 0 aromatic heterocycles. The van der Waals surface area contributed by atoms with Crippen LogP contribution in [0.2, 0.25) is 0 Å². The van der Waals surface area contributed by atoms with Crippen LogP contribution in [0.3, 0.4) is 0 Å². The molecule has 0 saturated heterocycles. The normalized spacial score (nSPS) is 9.69. The lowest BCUT2D eigenvalue weighted by Gasteiger charge is -2.04. The van der Waals surface area contributed by atoms with Crippen LogP contribution in [0.1, 0.15) is 10.4 Å². The van der Waals surface area contributed by atoms with Crippen LogP contribution in [0.5, 0.6) is 5.75 Å². The number of nitrogens with zero attached hydrogens (tertiary/aromatic N) is 1. The Kier molecular flexibility index (Phi) is 2.44. The Hall–Kier alpha value is -2.54. The molecular weight excluding hydrogens is 206 g/mol. The lowest BCUT2D eigenvalue weighted by atomic mass is 10.0. The number of carboxylic acid groups (broad SMARTS) is 1. The van der Waals surface area contributed by atoms with Crippen LogP contribution in [0, 0.1) is 11.5 Å². The highest BCUT2D eigenvalue weighted by molar-refractivity contribution is 6.04. The van der Waals surface area contributed by atoms with Gasteiger partial charge >= 0.3 is 5.97 Å². The van der Waals surface area contributed by atoms with E-state index >= 15 is 0 Å². The fourth-order valence-electron chi connectivity index (χ4n) is 1.57. The Labute approximate surface area is 91.3 Å². The first-order chi connectivity index (χ1) is 7.72. The molecule has 0 spiro atoms. The summed E-state index contributed by atoms with van der Waals surface area (Å²) in [7, 11) is 0. The van der Waals surface area contributed by atoms with Crippen LogP contribution < -0.4 is 4.74 Å². The quantitative estimate of drug-likeness (QED) is 0.777. The van der Waals surface area contributed by atoms with E-state index in [4.69, 9.17) is 10.4 Å². The van der Waals surface area contributed by atoms with Gasteiger partial charge in [0, 0.05) is 0 Å². The van der Waals surface area contributed by atoms with Gasteiger partial charge in [-0.05, 0) is 22.9 Å². The van der Waals surface area contributed by atoms with Crippen LogP contribution in [-0.2, 0) is 0 Å². The first kappa shape index (κ1) is 9.99. The van der Waals surface area contributed by atoms with Gasteiger partial charge in [-0.3, -0.25) is 0 Å². The Morgan fingerprint density at radius 1 is 1.31 bits per heavy atom. The highest BCUT2D eigenvalue weighted by atomic mass is 16.5. The van der Waals surface area contributed by atoms with Gasteiger partial charge in [0.1, 0.15) is 5.75 Å². The zero-order valence-corrected chi connectivity index (χ0v) is 8.18. The Morgan fingerprint density at radius 2 is 2.06 bits per heavy atom. The van der Waals surface area contributed by atoms with Crippen molar-refractivity contribution in [1.82, 2.24) is 0 Å². The van der Waals surface area contributed by atoms with Crippen LogP contribution in [0.4, 0.5) is 0 Å². The van der Waals surface area contributed by atoms with Crippen LogP contribution in [0.25, 0.3) is 10.8 Å². The Morgan fingerprint density at radius 3 is 2.75 bits per heavy atom. The van der Waals surface area contributed by atoms with Gasteiger partial charge in [-0.25, -0.2) is 4.79 Å². The summed E-state index contributed by atoms with van der Waals surface area (Å²) in [6, 6.07) is 10.0. The molecule has 4 nitrogen and oxygen atoms in total. The van der Waals surface area contributed by atoms with Crippen molar-refractivity contribution < 1.29 is 14.6 Å². The van der Waals surface area contributed by atoms with E-state index in [1.54, 1.807) is 30.3 Å². The number of aromatic carboxylic acids is 1. The summed E-state index contributed by atoms with van der Waals surface area (Å²) in [6.45, 7) is 0. The van der Waals surface area contributed by atoms with E-state index in [9.17, 15) is 4.79 Å². The van der Waals surface area contributed by atoms with E-state index < -0.39 is 5.97 Å². The summed E-state index contributed by atoms with van der Waals surface area (Å²) in [5.41, 5.74) is 0.128. The summed E-state index contributed by atoms with van der Waals surface area (Å²) in [6.07, 6.45) is 1.52. The number of benzene rings is 2. The van der Waals surface area contributed by atoms with Crippen LogP contribution in [0.15, 0.2) is 36.4 Å². The van der Waals surface area contributed by atoms with Crippen molar-refractivity contribution in [2.75, 3.05) is 0 Å². The average Bonchev–Trinajstić information content (AvgIpc) is 2.28. The third-order valence-corrected chi connectivity index (χ3v) is 2.23. The molecule has 0 unspecified atom stereocenters. The van der Waals surface area contributed by atoms with Crippen molar-refractivity contribution >= 4 is 16.7 Å². The van der Waals surface area contributed by atoms with E-state index in [0.29, 0.717) is 5.39 Å². The Balaban J connectivity index is 2.74. The number of nitriles is 1. The molecule has 0 saturated carbocycles. The van der Waals surface area contributed by atoms with Crippen LogP contribution >= 0.6 is 0 Å². The topological polar surface area (TPSA) is 70.3 Å². The first-order valence-electron chi connectivity index (χ1n) is 4.54. The molecule has 0 atom stereocenters. The van der Waals surface area contributed by atoms with Crippen molar-refractivity contribution in [2.45, 2.75) is 0 Å². The molecule has 1 N–H and O–H groups in total. The third kappa shape index (κ3) is 1.66. The lowest BCUT2D eigenvalue weighted by molar-refractivity contribution is 0.0698. The number of hydrogen-bond acceptors (Lipinski definition) is 3. The van der Waals surface area contributed by atoms with Gasteiger partial charge < -0.3 is 9.84 Å². The summed E-state index contributed by atoms with van der Waals surface area (Å²) in [4.78, 5) is 11.0. The predicted molar refractivity (Wildman–Crippen MR) is 57.1 cm³/mol. The zero-order chi connectivity index (χ0) is 11.5. The summed E-state index contributed by atoms with van der Waals surface area (Å²) in [5, 5.41) is 18.8. The van der Waals surface area contributed by atoms with E-state index in [-0.39, 0.29) is 11.3 Å². The van der Waals surface area contributed by atoms with Gasteiger partial charge in [-0.15, -0.1) is 5.26 Å². The van der Waals surface area contributed by atoms with Crippen molar-refractivity contribution in [3.8, 4) is 12.0 Å². The molecule has 0 heterocycles. The molecule has 16 heavy (non-hydrogen) atoms. The molecule has 78 valence electrons. The SMILES string of the molecule is N#COc1cc(C(=O)O)c2ccccc2c1. The smallest absolute Gasteiger partial charge is 0.336 e. The summed E-state index contributed by atoms with van der Waals surface area (Å²) >= 11 is 0. The molecule has 0 radical (unpaired) electrons. The van der Waals surface area contributed by atoms with Crippen molar-refractivity contribution in [3.05, 3.63) is 42.0 Å². The number of rotatable bonds is 2. The molecule has 0 fully saturated rings. The standard InChI is InChI=1S/C12H7NO3/c13-7-16-9-5-8-3-1-2-4-10(8)11(6-9)12(14)15/h1-6H,(H,14,15). The molecular formula is C12H7NO3. The van der Waals surface area contributed by atoms with Crippen molar-refractivity contribution in [2.24, 2.45) is 0 Å². The summed E-state index contributed by atoms with van der Waals surface area (Å²) < 4.78 is 4.65. The number of fused-ring (bicyclic) bond motifs is 1. The largest absolute Gasteiger partial charge is 0.478 e. The molecule has 0 aliphatic heterocycles. The Bertz CT molecular complexity index is 599. The monoisotopic (exact) mass is 213 g/mol. The second-order valence-electron chi connectivity index (χ2n) is 3.19. The highest BCUT2D eigenvalue weighted by Gasteiger charge is 2.10. The molecule has 0 amide bonds. The maximum Gasteiger partial charge on any atom is 0.336 e. The van der Waals surface area contributed by atoms with Gasteiger partial charge in [0.05, 0.1) is 5.56 Å². The fourth-order valence-corrected chi connectivity index (χ4v) is 1.57. The number of carboxylic acids is 1. The molecule has 2 aromatic carbocycles. The zero-order valence-electron chi connectivity index (χ0n) is 8.18. The fraction of sp³-hybridized carbons (Fsp3) is 0. The maximum atomic E-state index is 11.0. The minimum atomic E-state index is -1.04. The highest BCUT2D eigenvalue weighted by Crippen LogP contribution is 2.25. The second-order valence-corrected chi connectivity index (χ2v) is 3.19. The van der Waals surface area contributed by atoms with E-state index in [1.807, 2.05) is 0 Å². The van der Waals surface area contributed by atoms with Crippen molar-refractivity contribution in [1.29, 1.82) is 5.26 Å². The number of ether oxygens (including phenoxy) is 1. The molecule has 2 rings (SSSR count). The number of carbonyl (C=O) groups is 1. The van der Waals surface area contributed by atoms with Gasteiger partial charge in [0.2, 0.25) is 0 Å². The van der Waals surface area contributed by atoms with Crippen LogP contribution in [-0.4, -0.2) is 11.1 Å². The minimum absolute atomic E-state index is 0.128. The maximum absolute atomic E-state index is 11.0. The third-order valence-electron chi connectivity index (χ3n) is 2.23. The molecule has 4 heteroatoms. The average molecular weight is 213 g/mol. The molecule has 0 aliphatic rings. The van der Waals surface area contributed by atoms with Crippen molar-refractivity contribution in [3.63, 3.8) is 0 Å². The van der Waals surface area contributed by atoms with E-state index in [2.05, 4.69) is 4.74 Å². The first-order valence-corrected chi connectivity index (χ1v) is 4.54. The minimum Gasteiger partial charge on any atom is -0.478 e. The van der Waals surface area contributed by atoms with Gasteiger partial charge in [-0.1, -0.05) is 24.3 Å². The number of hydrogen-bond donors (Lipinski definition) is 1. The predicted octanol–water partition coefficient (Wildman–Crippen LogP) is 2.40. The van der Waals surface area contributed by atoms with Gasteiger partial charge in [-0.2, -0.15) is 0 Å². The second kappa shape index (κ2) is 3.91. The molecule has 2 aromatic rings. The summed E-state index contributed by atoms with van der Waals surface area (Å²) in [5.74, 6) is -0.807.